The molecule has 0 N–H and O–H groups in total. The van der Waals surface area contributed by atoms with Crippen LogP contribution in [0.1, 0.15) is 11.3 Å². The van der Waals surface area contributed by atoms with Crippen molar-refractivity contribution in [3.8, 4) is 0 Å². The molecule has 0 atom stereocenters. The zero-order chi connectivity index (χ0) is 15.9. The molecule has 0 unspecified atom stereocenters. The van der Waals surface area contributed by atoms with Gasteiger partial charge >= 0.3 is 0 Å². The molecule has 2 radical (unpaired) electrons. The number of imidazole rings is 1. The van der Waals surface area contributed by atoms with Crippen LogP contribution in [-0.2, 0) is 59.2 Å². The number of pyridine rings is 1. The van der Waals surface area contributed by atoms with Crippen LogP contribution in [0.3, 0.4) is 0 Å². The summed E-state index contributed by atoms with van der Waals surface area (Å²) in [5.74, 6) is 0. The maximum atomic E-state index is 4.92. The molecule has 0 aliphatic heterocycles. The summed E-state index contributed by atoms with van der Waals surface area (Å²) in [6.45, 7) is 0. The minimum atomic E-state index is 0. The van der Waals surface area contributed by atoms with Crippen LogP contribution in [0.5, 0.6) is 0 Å². The molecule has 4 heteroatoms. The molecular formula is C23H18IrN2Y-2. The second-order valence-corrected chi connectivity index (χ2v) is 6.06. The Morgan fingerprint density at radius 3 is 2.37 bits per heavy atom. The minimum absolute atomic E-state index is 0. The van der Waals surface area contributed by atoms with Gasteiger partial charge in [0.25, 0.3) is 0 Å². The van der Waals surface area contributed by atoms with Crippen LogP contribution >= 0.6 is 0 Å². The molecule has 3 aromatic carbocycles. The van der Waals surface area contributed by atoms with E-state index in [9.17, 15) is 0 Å². The number of benzene rings is 3. The largest absolute Gasteiger partial charge is 0.358 e. The van der Waals surface area contributed by atoms with Crippen molar-refractivity contribution in [2.24, 2.45) is 0 Å². The number of rotatable bonds is 2. The van der Waals surface area contributed by atoms with E-state index in [1.165, 1.54) is 21.9 Å². The molecule has 0 bridgehead atoms. The first-order valence-corrected chi connectivity index (χ1v) is 8.13. The molecule has 2 nitrogen and oxygen atoms in total. The molecule has 0 saturated heterocycles. The maximum Gasteiger partial charge on any atom is 0.0612 e. The van der Waals surface area contributed by atoms with Gasteiger partial charge in [-0.15, -0.1) is 29.7 Å². The Bertz CT molecular complexity index is 1110. The van der Waals surface area contributed by atoms with Crippen LogP contribution in [0.15, 0.2) is 79.0 Å². The van der Waals surface area contributed by atoms with Crippen LogP contribution in [0.25, 0.3) is 27.3 Å². The van der Waals surface area contributed by atoms with E-state index in [-0.39, 0.29) is 60.2 Å². The maximum absolute atomic E-state index is 4.92. The third kappa shape index (κ3) is 3.93. The number of hydrogen-bond donors (Lipinski definition) is 0. The van der Waals surface area contributed by atoms with Gasteiger partial charge in [-0.1, -0.05) is 53.9 Å². The third-order valence-corrected chi connectivity index (χ3v) is 4.52. The van der Waals surface area contributed by atoms with Gasteiger partial charge in [-0.25, -0.2) is 0 Å². The Morgan fingerprint density at radius 1 is 0.852 bits per heavy atom. The van der Waals surface area contributed by atoms with Gasteiger partial charge in [-0.2, -0.15) is 0 Å². The molecule has 0 aliphatic rings. The fraction of sp³-hybridized carbons (Fsp3) is 0.0435. The van der Waals surface area contributed by atoms with E-state index in [0.29, 0.717) is 0 Å². The second-order valence-electron chi connectivity index (χ2n) is 6.06. The fourth-order valence-electron chi connectivity index (χ4n) is 3.44. The second kappa shape index (κ2) is 9.21. The Labute approximate surface area is 198 Å². The van der Waals surface area contributed by atoms with Gasteiger partial charge in [-0.05, 0) is 17.0 Å². The van der Waals surface area contributed by atoms with Crippen LogP contribution in [0.2, 0.25) is 0 Å². The SMILES string of the molecule is [CH3-].[Ir].[Y].[c-]1cccc2c1c1nc(Cc3ccccc3)cn1c1ccccc21. The van der Waals surface area contributed by atoms with Crippen molar-refractivity contribution in [2.45, 2.75) is 6.42 Å². The normalized spacial score (nSPS) is 10.2. The molecular weight excluding hydrogens is 585 g/mol. The number of aromatic nitrogens is 2. The predicted molar refractivity (Wildman–Crippen MR) is 105 cm³/mol. The van der Waals surface area contributed by atoms with Gasteiger partial charge < -0.3 is 11.8 Å². The van der Waals surface area contributed by atoms with Gasteiger partial charge in [0.05, 0.1) is 11.3 Å². The Balaban J connectivity index is 0.000000871. The van der Waals surface area contributed by atoms with E-state index < -0.39 is 0 Å². The van der Waals surface area contributed by atoms with Crippen molar-refractivity contribution >= 4 is 27.3 Å². The number of nitrogens with zero attached hydrogens (tertiary/aromatic N) is 2. The van der Waals surface area contributed by atoms with Crippen LogP contribution < -0.4 is 0 Å². The monoisotopic (exact) mass is 604 g/mol. The minimum Gasteiger partial charge on any atom is -0.358 e. The molecule has 0 spiro atoms. The molecule has 134 valence electrons. The van der Waals surface area contributed by atoms with Crippen molar-refractivity contribution in [3.05, 3.63) is 104 Å². The molecule has 0 amide bonds. The first-order chi connectivity index (χ1) is 11.9. The van der Waals surface area contributed by atoms with E-state index >= 15 is 0 Å². The molecule has 2 heterocycles. The van der Waals surface area contributed by atoms with Crippen molar-refractivity contribution in [2.75, 3.05) is 0 Å². The summed E-state index contributed by atoms with van der Waals surface area (Å²) in [5, 5.41) is 3.52. The van der Waals surface area contributed by atoms with Crippen LogP contribution in [0, 0.1) is 13.5 Å². The van der Waals surface area contributed by atoms with E-state index in [1.807, 2.05) is 18.2 Å². The summed E-state index contributed by atoms with van der Waals surface area (Å²) in [6, 6.07) is 28.5. The van der Waals surface area contributed by atoms with Gasteiger partial charge in [0, 0.05) is 70.9 Å². The quantitative estimate of drug-likeness (QED) is 0.193. The first kappa shape index (κ1) is 21.9. The van der Waals surface area contributed by atoms with E-state index in [1.54, 1.807) is 0 Å². The fourth-order valence-corrected chi connectivity index (χ4v) is 3.44. The van der Waals surface area contributed by atoms with Crippen molar-refractivity contribution in [1.82, 2.24) is 9.38 Å². The zero-order valence-electron chi connectivity index (χ0n) is 15.0. The van der Waals surface area contributed by atoms with E-state index in [0.717, 1.165) is 23.1 Å². The molecule has 5 aromatic rings. The van der Waals surface area contributed by atoms with Crippen LogP contribution in [0.4, 0.5) is 0 Å². The summed E-state index contributed by atoms with van der Waals surface area (Å²) >= 11 is 0. The smallest absolute Gasteiger partial charge is 0.0612 e. The molecule has 5 rings (SSSR count). The summed E-state index contributed by atoms with van der Waals surface area (Å²) in [6.07, 6.45) is 3.00. The van der Waals surface area contributed by atoms with Gasteiger partial charge in [0.1, 0.15) is 0 Å². The van der Waals surface area contributed by atoms with E-state index in [4.69, 9.17) is 4.98 Å². The average molecular weight is 604 g/mol. The first-order valence-electron chi connectivity index (χ1n) is 8.13. The van der Waals surface area contributed by atoms with Gasteiger partial charge in [0.15, 0.2) is 0 Å². The van der Waals surface area contributed by atoms with Crippen molar-refractivity contribution in [1.29, 1.82) is 0 Å². The molecule has 2 aromatic heterocycles. The number of hydrogen-bond acceptors (Lipinski definition) is 1. The summed E-state index contributed by atoms with van der Waals surface area (Å²) in [7, 11) is 0. The summed E-state index contributed by atoms with van der Waals surface area (Å²) in [4.78, 5) is 4.92. The van der Waals surface area contributed by atoms with Gasteiger partial charge in [0.2, 0.25) is 0 Å². The molecule has 0 aliphatic carbocycles. The van der Waals surface area contributed by atoms with Crippen molar-refractivity contribution < 1.29 is 52.8 Å². The predicted octanol–water partition coefficient (Wildman–Crippen LogP) is 5.48. The molecule has 0 saturated carbocycles. The molecule has 0 fully saturated rings. The van der Waals surface area contributed by atoms with Crippen molar-refractivity contribution in [3.63, 3.8) is 0 Å². The van der Waals surface area contributed by atoms with E-state index in [2.05, 4.69) is 71.3 Å². The average Bonchev–Trinajstić information content (AvgIpc) is 3.07. The topological polar surface area (TPSA) is 17.3 Å². The molecule has 27 heavy (non-hydrogen) atoms. The van der Waals surface area contributed by atoms with Crippen LogP contribution in [-0.4, -0.2) is 9.38 Å². The zero-order valence-corrected chi connectivity index (χ0v) is 20.3. The number of para-hydroxylation sites is 1. The number of fused-ring (bicyclic) bond motifs is 6. The van der Waals surface area contributed by atoms with Gasteiger partial charge in [-0.3, -0.25) is 4.98 Å². The summed E-state index contributed by atoms with van der Waals surface area (Å²) < 4.78 is 2.20. The third-order valence-electron chi connectivity index (χ3n) is 4.52. The standard InChI is InChI=1S/C22H15N2.CH3.Ir.Y/c1-2-8-16(9-3-1)14-17-15-24-21-13-7-6-11-19(21)18-10-4-5-12-20(18)22(24)23-17;;;/h1-11,13,15H,14H2;1H3;;/q2*-1;;. The summed E-state index contributed by atoms with van der Waals surface area (Å²) in [5.41, 5.74) is 4.52. The Kier molecular flexibility index (Phi) is 7.48. The Morgan fingerprint density at radius 2 is 1.56 bits per heavy atom. The Hall–Kier alpha value is -1.38.